The molecular formula is C21H23FN2O3S. The highest BCUT2D eigenvalue weighted by atomic mass is 32.2. The van der Waals surface area contributed by atoms with E-state index in [1.807, 2.05) is 18.2 Å². The predicted octanol–water partition coefficient (Wildman–Crippen LogP) is 3.47. The third-order valence-corrected chi connectivity index (χ3v) is 5.81. The Kier molecular flexibility index (Phi) is 6.59. The number of hydrogen-bond acceptors (Lipinski definition) is 3. The van der Waals surface area contributed by atoms with E-state index in [2.05, 4.69) is 4.72 Å². The molecule has 1 atom stereocenters. The number of nitrogens with one attached hydrogen (secondary N) is 1. The van der Waals surface area contributed by atoms with E-state index in [-0.39, 0.29) is 30.7 Å². The number of benzene rings is 2. The molecule has 1 amide bonds. The second kappa shape index (κ2) is 9.12. The molecule has 0 aliphatic carbocycles. The van der Waals surface area contributed by atoms with Crippen molar-refractivity contribution in [1.82, 2.24) is 9.62 Å². The first kappa shape index (κ1) is 20.2. The van der Waals surface area contributed by atoms with Crippen molar-refractivity contribution in [2.24, 2.45) is 0 Å². The molecule has 0 aromatic heterocycles. The first-order chi connectivity index (χ1) is 13.4. The fourth-order valence-electron chi connectivity index (χ4n) is 3.32. The lowest BCUT2D eigenvalue weighted by molar-refractivity contribution is -0.131. The van der Waals surface area contributed by atoms with Crippen LogP contribution in [0.25, 0.3) is 6.08 Å². The van der Waals surface area contributed by atoms with Gasteiger partial charge in [0.05, 0.1) is 6.04 Å². The lowest BCUT2D eigenvalue weighted by Gasteiger charge is -2.25. The molecule has 2 aromatic carbocycles. The summed E-state index contributed by atoms with van der Waals surface area (Å²) in [6.07, 6.45) is 3.29. The number of amides is 1. The average molecular weight is 402 g/mol. The molecule has 1 aliphatic heterocycles. The summed E-state index contributed by atoms with van der Waals surface area (Å²) in [5.41, 5.74) is 1.68. The molecule has 1 fully saturated rings. The highest BCUT2D eigenvalue weighted by Crippen LogP contribution is 2.32. The van der Waals surface area contributed by atoms with Crippen molar-refractivity contribution in [1.29, 1.82) is 0 Å². The average Bonchev–Trinajstić information content (AvgIpc) is 3.18. The summed E-state index contributed by atoms with van der Waals surface area (Å²) in [7, 11) is -3.61. The summed E-state index contributed by atoms with van der Waals surface area (Å²) >= 11 is 0. The largest absolute Gasteiger partial charge is 0.336 e. The first-order valence-corrected chi connectivity index (χ1v) is 10.8. The van der Waals surface area contributed by atoms with Gasteiger partial charge in [-0.05, 0) is 42.2 Å². The summed E-state index contributed by atoms with van der Waals surface area (Å²) in [5, 5.41) is 1.10. The van der Waals surface area contributed by atoms with Crippen LogP contribution in [0.4, 0.5) is 4.39 Å². The van der Waals surface area contributed by atoms with Gasteiger partial charge in [0.1, 0.15) is 5.82 Å². The molecule has 28 heavy (non-hydrogen) atoms. The van der Waals surface area contributed by atoms with Crippen LogP contribution >= 0.6 is 0 Å². The van der Waals surface area contributed by atoms with Gasteiger partial charge in [0.2, 0.25) is 15.9 Å². The molecular weight excluding hydrogens is 379 g/mol. The number of hydrogen-bond donors (Lipinski definition) is 1. The van der Waals surface area contributed by atoms with Gasteiger partial charge in [-0.3, -0.25) is 4.79 Å². The minimum absolute atomic E-state index is 0.0347. The number of nitrogens with zero attached hydrogens (tertiary/aromatic N) is 1. The zero-order valence-corrected chi connectivity index (χ0v) is 16.2. The molecule has 1 aliphatic rings. The van der Waals surface area contributed by atoms with Gasteiger partial charge in [0, 0.05) is 24.9 Å². The molecule has 1 heterocycles. The maximum atomic E-state index is 13.1. The van der Waals surface area contributed by atoms with E-state index in [1.54, 1.807) is 29.2 Å². The van der Waals surface area contributed by atoms with Crippen molar-refractivity contribution >= 4 is 22.0 Å². The van der Waals surface area contributed by atoms with Crippen LogP contribution in [-0.4, -0.2) is 32.3 Å². The molecule has 7 heteroatoms. The van der Waals surface area contributed by atoms with E-state index >= 15 is 0 Å². The van der Waals surface area contributed by atoms with Crippen LogP contribution < -0.4 is 4.72 Å². The molecule has 5 nitrogen and oxygen atoms in total. The van der Waals surface area contributed by atoms with Crippen molar-refractivity contribution in [2.45, 2.75) is 25.3 Å². The molecule has 0 spiro atoms. The fraction of sp³-hybridized carbons (Fsp3) is 0.286. The van der Waals surface area contributed by atoms with Crippen molar-refractivity contribution < 1.29 is 17.6 Å². The number of rotatable bonds is 7. The number of halogens is 1. The highest BCUT2D eigenvalue weighted by molar-refractivity contribution is 7.92. The molecule has 0 bridgehead atoms. The van der Waals surface area contributed by atoms with E-state index < -0.39 is 10.0 Å². The van der Waals surface area contributed by atoms with Crippen LogP contribution in [-0.2, 0) is 14.8 Å². The van der Waals surface area contributed by atoms with Gasteiger partial charge in [0.25, 0.3) is 0 Å². The highest BCUT2D eigenvalue weighted by Gasteiger charge is 2.29. The summed E-state index contributed by atoms with van der Waals surface area (Å²) in [4.78, 5) is 14.3. The van der Waals surface area contributed by atoms with Crippen molar-refractivity contribution in [3.05, 3.63) is 76.9 Å². The Labute approximate surface area is 164 Å². The van der Waals surface area contributed by atoms with Crippen molar-refractivity contribution in [2.75, 3.05) is 13.1 Å². The molecule has 148 valence electrons. The smallest absolute Gasteiger partial charge is 0.233 e. The molecule has 2 aromatic rings. The van der Waals surface area contributed by atoms with Crippen LogP contribution in [0.5, 0.6) is 0 Å². The van der Waals surface area contributed by atoms with Gasteiger partial charge < -0.3 is 4.90 Å². The molecule has 1 N–H and O–H groups in total. The van der Waals surface area contributed by atoms with Crippen LogP contribution in [0.1, 0.15) is 36.4 Å². The number of carbonyl (C=O) groups excluding carboxylic acids is 1. The molecule has 1 saturated heterocycles. The molecule has 0 radical (unpaired) electrons. The fourth-order valence-corrected chi connectivity index (χ4v) is 4.14. The standard InChI is InChI=1S/C21H23FN2O3S/c22-19-10-8-18(9-11-19)20-7-4-15-24(20)21(25)12-14-23-28(26,27)16-13-17-5-2-1-3-6-17/h1-3,5-6,8-11,13,16,20,23H,4,7,12,14-15H2/b16-13+. The van der Waals surface area contributed by atoms with Crippen molar-refractivity contribution in [3.8, 4) is 0 Å². The van der Waals surface area contributed by atoms with Crippen molar-refractivity contribution in [3.63, 3.8) is 0 Å². The van der Waals surface area contributed by atoms with E-state index in [0.717, 1.165) is 29.4 Å². The Morgan fingerprint density at radius 1 is 1.14 bits per heavy atom. The number of sulfonamides is 1. The first-order valence-electron chi connectivity index (χ1n) is 9.22. The molecule has 1 unspecified atom stereocenters. The normalized spacial score (nSPS) is 17.3. The summed E-state index contributed by atoms with van der Waals surface area (Å²) in [6, 6.07) is 15.2. The number of carbonyl (C=O) groups is 1. The SMILES string of the molecule is O=C(CCNS(=O)(=O)/C=C/c1ccccc1)N1CCCC1c1ccc(F)cc1. The minimum Gasteiger partial charge on any atom is -0.336 e. The van der Waals surface area contributed by atoms with Crippen LogP contribution in [0.3, 0.4) is 0 Å². The minimum atomic E-state index is -3.61. The van der Waals surface area contributed by atoms with E-state index in [9.17, 15) is 17.6 Å². The van der Waals surface area contributed by atoms with E-state index in [1.165, 1.54) is 18.2 Å². The quantitative estimate of drug-likeness (QED) is 0.771. The zero-order valence-electron chi connectivity index (χ0n) is 15.4. The van der Waals surface area contributed by atoms with Gasteiger partial charge >= 0.3 is 0 Å². The van der Waals surface area contributed by atoms with Gasteiger partial charge in [0.15, 0.2) is 0 Å². The topological polar surface area (TPSA) is 66.5 Å². The molecule has 3 rings (SSSR count). The van der Waals surface area contributed by atoms with E-state index in [4.69, 9.17) is 0 Å². The molecule has 0 saturated carbocycles. The Balaban J connectivity index is 1.53. The third-order valence-electron chi connectivity index (χ3n) is 4.71. The second-order valence-corrected chi connectivity index (χ2v) is 8.35. The maximum absolute atomic E-state index is 13.1. The zero-order chi connectivity index (χ0) is 20.0. The Morgan fingerprint density at radius 3 is 2.57 bits per heavy atom. The Bertz CT molecular complexity index is 928. The number of likely N-dealkylation sites (tertiary alicyclic amines) is 1. The van der Waals surface area contributed by atoms with Gasteiger partial charge in [-0.2, -0.15) is 0 Å². The van der Waals surface area contributed by atoms with Crippen LogP contribution in [0.15, 0.2) is 60.0 Å². The Hall–Kier alpha value is -2.51. The third kappa shape index (κ3) is 5.50. The lowest BCUT2D eigenvalue weighted by Crippen LogP contribution is -2.33. The summed E-state index contributed by atoms with van der Waals surface area (Å²) < 4.78 is 39.7. The maximum Gasteiger partial charge on any atom is 0.233 e. The van der Waals surface area contributed by atoms with Crippen LogP contribution in [0, 0.1) is 5.82 Å². The predicted molar refractivity (Wildman–Crippen MR) is 107 cm³/mol. The summed E-state index contributed by atoms with van der Waals surface area (Å²) in [6.45, 7) is 0.661. The van der Waals surface area contributed by atoms with Gasteiger partial charge in [-0.15, -0.1) is 0 Å². The lowest BCUT2D eigenvalue weighted by atomic mass is 10.0. The van der Waals surface area contributed by atoms with E-state index in [0.29, 0.717) is 6.54 Å². The monoisotopic (exact) mass is 402 g/mol. The van der Waals surface area contributed by atoms with Gasteiger partial charge in [-0.25, -0.2) is 17.5 Å². The van der Waals surface area contributed by atoms with Gasteiger partial charge in [-0.1, -0.05) is 42.5 Å². The Morgan fingerprint density at radius 2 is 1.86 bits per heavy atom. The van der Waals surface area contributed by atoms with Crippen LogP contribution in [0.2, 0.25) is 0 Å². The second-order valence-electron chi connectivity index (χ2n) is 6.70. The summed E-state index contributed by atoms with van der Waals surface area (Å²) in [5.74, 6) is -0.417.